The third-order valence-electron chi connectivity index (χ3n) is 7.04. The molecule has 45 heavy (non-hydrogen) atoms. The summed E-state index contributed by atoms with van der Waals surface area (Å²) < 4.78 is 3.41. The van der Waals surface area contributed by atoms with Gasteiger partial charge in [-0.2, -0.15) is 15.5 Å². The molecule has 0 fully saturated rings. The number of carbonyl (C=O) groups excluding carboxylic acids is 1. The van der Waals surface area contributed by atoms with E-state index in [0.717, 1.165) is 22.4 Å². The number of nitrogens with one attached hydrogen (secondary N) is 2. The molecule has 2 N–H and O–H groups in total. The fourth-order valence-electron chi connectivity index (χ4n) is 4.84. The second-order valence-corrected chi connectivity index (χ2v) is 10.3. The number of amides is 2. The molecule has 6 rings (SSSR count). The lowest BCUT2D eigenvalue weighted by molar-refractivity contribution is 0.248. The predicted octanol–water partition coefficient (Wildman–Crippen LogP) is 5.64. The molecule has 0 saturated carbocycles. The first-order chi connectivity index (χ1) is 21.9. The van der Waals surface area contributed by atoms with Crippen LogP contribution in [0.1, 0.15) is 16.8 Å². The zero-order valence-electron chi connectivity index (χ0n) is 24.9. The highest BCUT2D eigenvalue weighted by Crippen LogP contribution is 2.29. The summed E-state index contributed by atoms with van der Waals surface area (Å²) in [4.78, 5) is 28.7. The first-order valence-corrected chi connectivity index (χ1v) is 14.1. The maximum Gasteiger partial charge on any atom is 0.327 e. The SMILES string of the molecule is Cc1cc(-c2nc(Nc3ccc(N(C(=O)NCc4ccccc4)c4ccc(-c5cnn(C)c5)cn4)cc3)ncc2C#N)n(C)n1. The van der Waals surface area contributed by atoms with Crippen molar-refractivity contribution in [2.24, 2.45) is 14.1 Å². The Balaban J connectivity index is 1.27. The molecule has 222 valence electrons. The van der Waals surface area contributed by atoms with Crippen LogP contribution in [-0.4, -0.2) is 40.5 Å². The number of anilines is 4. The Morgan fingerprint density at radius 2 is 1.76 bits per heavy atom. The van der Waals surface area contributed by atoms with Gasteiger partial charge in [-0.1, -0.05) is 30.3 Å². The number of pyridine rings is 1. The maximum atomic E-state index is 13.6. The molecule has 4 aromatic heterocycles. The van der Waals surface area contributed by atoms with Crippen LogP contribution in [0.4, 0.5) is 27.9 Å². The molecule has 0 radical (unpaired) electrons. The van der Waals surface area contributed by atoms with E-state index in [-0.39, 0.29) is 6.03 Å². The fraction of sp³-hybridized carbons (Fsp3) is 0.121. The number of carbonyl (C=O) groups is 1. The number of hydrogen-bond acceptors (Lipinski definition) is 8. The number of rotatable bonds is 8. The molecule has 6 aromatic rings. The minimum Gasteiger partial charge on any atom is -0.333 e. The maximum absolute atomic E-state index is 13.6. The average molecular weight is 596 g/mol. The molecule has 2 aromatic carbocycles. The summed E-state index contributed by atoms with van der Waals surface area (Å²) in [5.41, 5.74) is 6.46. The summed E-state index contributed by atoms with van der Waals surface area (Å²) in [6, 6.07) is 24.4. The van der Waals surface area contributed by atoms with Gasteiger partial charge in [0.15, 0.2) is 0 Å². The normalized spacial score (nSPS) is 10.7. The number of nitrogens with zero attached hydrogens (tertiary/aromatic N) is 9. The molecule has 0 aliphatic rings. The summed E-state index contributed by atoms with van der Waals surface area (Å²) in [6.07, 6.45) is 6.89. The van der Waals surface area contributed by atoms with Crippen molar-refractivity contribution >= 4 is 29.2 Å². The van der Waals surface area contributed by atoms with Gasteiger partial charge in [0.2, 0.25) is 5.95 Å². The first kappa shape index (κ1) is 28.8. The van der Waals surface area contributed by atoms with Crippen molar-refractivity contribution in [3.8, 4) is 28.6 Å². The quantitative estimate of drug-likeness (QED) is 0.230. The van der Waals surface area contributed by atoms with Crippen LogP contribution in [0.5, 0.6) is 0 Å². The molecular weight excluding hydrogens is 566 g/mol. The van der Waals surface area contributed by atoms with Crippen LogP contribution in [-0.2, 0) is 20.6 Å². The number of hydrogen-bond donors (Lipinski definition) is 2. The molecule has 0 aliphatic heterocycles. The van der Waals surface area contributed by atoms with Crippen molar-refractivity contribution < 1.29 is 4.79 Å². The van der Waals surface area contributed by atoms with Gasteiger partial charge in [0, 0.05) is 49.8 Å². The first-order valence-electron chi connectivity index (χ1n) is 14.1. The minimum atomic E-state index is -0.326. The van der Waals surface area contributed by atoms with Crippen LogP contribution in [0, 0.1) is 18.3 Å². The van der Waals surface area contributed by atoms with E-state index in [9.17, 15) is 10.1 Å². The molecule has 0 bridgehead atoms. The van der Waals surface area contributed by atoms with E-state index in [0.29, 0.717) is 46.6 Å². The Bertz CT molecular complexity index is 1990. The Hall–Kier alpha value is -6.35. The second-order valence-electron chi connectivity index (χ2n) is 10.3. The van der Waals surface area contributed by atoms with Crippen LogP contribution in [0.25, 0.3) is 22.5 Å². The highest BCUT2D eigenvalue weighted by molar-refractivity contribution is 5.98. The highest BCUT2D eigenvalue weighted by atomic mass is 16.2. The van der Waals surface area contributed by atoms with Crippen LogP contribution >= 0.6 is 0 Å². The summed E-state index contributed by atoms with van der Waals surface area (Å²) >= 11 is 0. The van der Waals surface area contributed by atoms with Crippen molar-refractivity contribution in [2.45, 2.75) is 13.5 Å². The van der Waals surface area contributed by atoms with E-state index >= 15 is 0 Å². The van der Waals surface area contributed by atoms with E-state index in [2.05, 4.69) is 41.9 Å². The van der Waals surface area contributed by atoms with Gasteiger partial charge in [0.05, 0.1) is 35.0 Å². The predicted molar refractivity (Wildman–Crippen MR) is 171 cm³/mol. The topological polar surface area (TPSA) is 142 Å². The van der Waals surface area contributed by atoms with Gasteiger partial charge < -0.3 is 10.6 Å². The summed E-state index contributed by atoms with van der Waals surface area (Å²) in [5.74, 6) is 0.779. The third-order valence-corrected chi connectivity index (χ3v) is 7.04. The molecule has 0 spiro atoms. The second kappa shape index (κ2) is 12.5. The number of aromatic nitrogens is 7. The van der Waals surface area contributed by atoms with Crippen molar-refractivity contribution in [3.05, 3.63) is 114 Å². The molecule has 0 unspecified atom stereocenters. The lowest BCUT2D eigenvalue weighted by atomic mass is 10.1. The molecular formula is C33H29N11O. The van der Waals surface area contributed by atoms with Crippen molar-refractivity contribution in [3.63, 3.8) is 0 Å². The summed E-state index contributed by atoms with van der Waals surface area (Å²) in [7, 11) is 3.66. The molecule has 4 heterocycles. The van der Waals surface area contributed by atoms with E-state index in [1.165, 1.54) is 11.1 Å². The number of nitriles is 1. The zero-order chi connectivity index (χ0) is 31.3. The standard InChI is InChI=1S/C33H29N11O/c1-22-15-29(43(3)41-22)31-25(16-34)19-36-32(40-31)39-27-10-12-28(13-11-27)44(33(45)37-17-23-7-5-4-6-8-23)30-14-9-24(18-35-30)26-20-38-42(2)21-26/h4-15,18-21H,17H2,1-3H3,(H,37,45)(H,36,39,40). The van der Waals surface area contributed by atoms with Gasteiger partial charge >= 0.3 is 6.03 Å². The van der Waals surface area contributed by atoms with Gasteiger partial charge in [-0.15, -0.1) is 0 Å². The van der Waals surface area contributed by atoms with Crippen molar-refractivity contribution in [2.75, 3.05) is 10.2 Å². The minimum absolute atomic E-state index is 0.320. The van der Waals surface area contributed by atoms with Gasteiger partial charge in [0.1, 0.15) is 17.6 Å². The Kier molecular flexibility index (Phi) is 7.98. The van der Waals surface area contributed by atoms with E-state index in [1.54, 1.807) is 28.8 Å². The molecule has 12 heteroatoms. The number of benzene rings is 2. The van der Waals surface area contributed by atoms with Crippen LogP contribution in [0.3, 0.4) is 0 Å². The summed E-state index contributed by atoms with van der Waals surface area (Å²) in [5, 5.41) is 24.4. The summed E-state index contributed by atoms with van der Waals surface area (Å²) in [6.45, 7) is 2.24. The molecule has 2 amide bonds. The third kappa shape index (κ3) is 6.37. The van der Waals surface area contributed by atoms with Crippen LogP contribution < -0.4 is 15.5 Å². The zero-order valence-corrected chi connectivity index (χ0v) is 24.9. The van der Waals surface area contributed by atoms with E-state index in [4.69, 9.17) is 0 Å². The van der Waals surface area contributed by atoms with Crippen LogP contribution in [0.2, 0.25) is 0 Å². The van der Waals surface area contributed by atoms with Gasteiger partial charge in [-0.25, -0.2) is 24.6 Å². The van der Waals surface area contributed by atoms with E-state index < -0.39 is 0 Å². The molecule has 0 saturated heterocycles. The van der Waals surface area contributed by atoms with E-state index in [1.807, 2.05) is 93.0 Å². The highest BCUT2D eigenvalue weighted by Gasteiger charge is 2.20. The van der Waals surface area contributed by atoms with Crippen molar-refractivity contribution in [1.29, 1.82) is 5.26 Å². The van der Waals surface area contributed by atoms with Crippen molar-refractivity contribution in [1.82, 2.24) is 39.8 Å². The van der Waals surface area contributed by atoms with Crippen LogP contribution in [0.15, 0.2) is 97.6 Å². The number of aryl methyl sites for hydroxylation is 3. The van der Waals surface area contributed by atoms with Gasteiger partial charge in [0.25, 0.3) is 0 Å². The van der Waals surface area contributed by atoms with Gasteiger partial charge in [-0.05, 0) is 55.0 Å². The average Bonchev–Trinajstić information content (AvgIpc) is 3.65. The monoisotopic (exact) mass is 595 g/mol. The van der Waals surface area contributed by atoms with Gasteiger partial charge in [-0.3, -0.25) is 9.36 Å². The lowest BCUT2D eigenvalue weighted by Crippen LogP contribution is -2.37. The molecule has 12 nitrogen and oxygen atoms in total. The molecule has 0 aliphatic carbocycles. The fourth-order valence-corrected chi connectivity index (χ4v) is 4.84. The Morgan fingerprint density at radius 1 is 0.956 bits per heavy atom. The molecule has 0 atom stereocenters. The Labute approximate surface area is 259 Å². The Morgan fingerprint density at radius 3 is 2.40 bits per heavy atom. The smallest absolute Gasteiger partial charge is 0.327 e. The number of urea groups is 1. The largest absolute Gasteiger partial charge is 0.333 e. The lowest BCUT2D eigenvalue weighted by Gasteiger charge is -2.23.